The van der Waals surface area contributed by atoms with Crippen LogP contribution < -0.4 is 15.1 Å². The Kier molecular flexibility index (Phi) is 4.18. The topological polar surface area (TPSA) is 63.7 Å². The van der Waals surface area contributed by atoms with Crippen LogP contribution in [0.1, 0.15) is 5.56 Å². The number of anilines is 2. The third kappa shape index (κ3) is 3.06. The maximum atomic E-state index is 13.1. The van der Waals surface area contributed by atoms with Gasteiger partial charge in [-0.2, -0.15) is 0 Å². The molecular weight excluding hydrogens is 340 g/mol. The molecule has 1 heterocycles. The van der Waals surface area contributed by atoms with Gasteiger partial charge in [-0.1, -0.05) is 60.7 Å². The summed E-state index contributed by atoms with van der Waals surface area (Å²) < 4.78 is 0. The monoisotopic (exact) mass is 355 g/mol. The summed E-state index contributed by atoms with van der Waals surface area (Å²) in [7, 11) is 0. The summed E-state index contributed by atoms with van der Waals surface area (Å²) in [6.07, 6.45) is 1.52. The van der Waals surface area contributed by atoms with Crippen molar-refractivity contribution in [2.75, 3.05) is 10.0 Å². The van der Waals surface area contributed by atoms with E-state index in [4.69, 9.17) is 0 Å². The Morgan fingerprint density at radius 3 is 1.52 bits per heavy atom. The van der Waals surface area contributed by atoms with Crippen molar-refractivity contribution in [2.24, 2.45) is 0 Å². The van der Waals surface area contributed by atoms with Crippen LogP contribution in [0.5, 0.6) is 5.75 Å². The zero-order valence-corrected chi connectivity index (χ0v) is 14.3. The number of benzene rings is 3. The summed E-state index contributed by atoms with van der Waals surface area (Å²) in [6.45, 7) is 0. The molecular formula is C22H15N2O3-. The summed E-state index contributed by atoms with van der Waals surface area (Å²) in [6, 6.07) is 24.0. The van der Waals surface area contributed by atoms with Crippen molar-refractivity contribution in [3.8, 4) is 5.75 Å². The number of para-hydroxylation sites is 2. The zero-order valence-electron chi connectivity index (χ0n) is 14.3. The molecule has 1 saturated heterocycles. The molecule has 27 heavy (non-hydrogen) atoms. The van der Waals surface area contributed by atoms with E-state index in [1.54, 1.807) is 36.4 Å². The van der Waals surface area contributed by atoms with Gasteiger partial charge >= 0.3 is 0 Å². The molecule has 0 unspecified atom stereocenters. The molecule has 0 saturated carbocycles. The van der Waals surface area contributed by atoms with E-state index in [0.717, 1.165) is 0 Å². The molecule has 0 bridgehead atoms. The highest BCUT2D eigenvalue weighted by atomic mass is 16.3. The lowest BCUT2D eigenvalue weighted by molar-refractivity contribution is -0.268. The lowest BCUT2D eigenvalue weighted by Gasteiger charge is -2.27. The smallest absolute Gasteiger partial charge is 0.283 e. The van der Waals surface area contributed by atoms with Gasteiger partial charge < -0.3 is 5.11 Å². The number of hydrogen-bond acceptors (Lipinski definition) is 3. The van der Waals surface area contributed by atoms with Crippen LogP contribution in [0.25, 0.3) is 6.08 Å². The lowest BCUT2D eigenvalue weighted by atomic mass is 10.1. The van der Waals surface area contributed by atoms with Crippen molar-refractivity contribution in [1.29, 1.82) is 0 Å². The number of nitrogens with zero attached hydrogens (tertiary/aromatic N) is 2. The van der Waals surface area contributed by atoms with E-state index in [-0.39, 0.29) is 11.3 Å². The highest BCUT2D eigenvalue weighted by Crippen LogP contribution is 2.32. The quantitative estimate of drug-likeness (QED) is 0.536. The van der Waals surface area contributed by atoms with Gasteiger partial charge in [-0.25, -0.2) is 10.0 Å². The molecule has 5 nitrogen and oxygen atoms in total. The Hall–Kier alpha value is -3.86. The average molecular weight is 355 g/mol. The van der Waals surface area contributed by atoms with Crippen molar-refractivity contribution in [3.05, 3.63) is 96.1 Å². The second kappa shape index (κ2) is 6.80. The Bertz CT molecular complexity index is 953. The molecule has 1 aliphatic heterocycles. The standard InChI is InChI=1S/C22H16N2O3/c25-19-13-11-16(12-14-19)15-20-21(26)23(17-7-3-1-4-8-17)24(22(20)27)18-9-5-2-6-10-18/h1-15,25H/p-1. The van der Waals surface area contributed by atoms with Crippen molar-refractivity contribution in [1.82, 2.24) is 0 Å². The second-order valence-electron chi connectivity index (χ2n) is 6.03. The maximum absolute atomic E-state index is 13.1. The van der Waals surface area contributed by atoms with Crippen LogP contribution in [0.4, 0.5) is 11.4 Å². The van der Waals surface area contributed by atoms with Crippen LogP contribution in [-0.4, -0.2) is 11.8 Å². The predicted octanol–water partition coefficient (Wildman–Crippen LogP) is 3.14. The molecule has 1 fully saturated rings. The van der Waals surface area contributed by atoms with Gasteiger partial charge in [0.1, 0.15) is 5.57 Å². The van der Waals surface area contributed by atoms with Gasteiger partial charge in [0.25, 0.3) is 11.8 Å². The highest BCUT2D eigenvalue weighted by Gasteiger charge is 2.42. The van der Waals surface area contributed by atoms with E-state index in [9.17, 15) is 14.7 Å². The molecule has 5 heteroatoms. The van der Waals surface area contributed by atoms with Crippen LogP contribution in [0.15, 0.2) is 90.5 Å². The van der Waals surface area contributed by atoms with Crippen LogP contribution in [-0.2, 0) is 9.59 Å². The van der Waals surface area contributed by atoms with Gasteiger partial charge in [0, 0.05) is 0 Å². The normalized spacial score (nSPS) is 14.0. The van der Waals surface area contributed by atoms with Crippen molar-refractivity contribution < 1.29 is 14.7 Å². The maximum Gasteiger partial charge on any atom is 0.283 e. The van der Waals surface area contributed by atoms with Crippen LogP contribution in [0.3, 0.4) is 0 Å². The molecule has 4 rings (SSSR count). The molecule has 0 spiro atoms. The first kappa shape index (κ1) is 16.6. The first-order chi connectivity index (χ1) is 13.1. The van der Waals surface area contributed by atoms with Gasteiger partial charge in [-0.3, -0.25) is 9.59 Å². The highest BCUT2D eigenvalue weighted by molar-refractivity contribution is 6.38. The summed E-state index contributed by atoms with van der Waals surface area (Å²) in [5, 5.41) is 14.0. The zero-order chi connectivity index (χ0) is 18.8. The Balaban J connectivity index is 1.83. The SMILES string of the molecule is O=C1C(=Cc2ccc([O-])cc2)C(=O)N(c2ccccc2)N1c1ccccc1. The van der Waals surface area contributed by atoms with E-state index < -0.39 is 11.8 Å². The van der Waals surface area contributed by atoms with Crippen LogP contribution in [0.2, 0.25) is 0 Å². The summed E-state index contributed by atoms with van der Waals surface area (Å²) in [5.41, 5.74) is 1.85. The third-order valence-electron chi connectivity index (χ3n) is 4.24. The molecule has 3 aromatic carbocycles. The fourth-order valence-corrected chi connectivity index (χ4v) is 2.96. The minimum atomic E-state index is -0.416. The largest absolute Gasteiger partial charge is 0.872 e. The molecule has 0 aromatic heterocycles. The predicted molar refractivity (Wildman–Crippen MR) is 102 cm³/mol. The van der Waals surface area contributed by atoms with E-state index >= 15 is 0 Å². The van der Waals surface area contributed by atoms with Crippen molar-refractivity contribution >= 4 is 29.3 Å². The fraction of sp³-hybridized carbons (Fsp3) is 0. The first-order valence-corrected chi connectivity index (χ1v) is 8.43. The van der Waals surface area contributed by atoms with Gasteiger partial charge in [0.15, 0.2) is 0 Å². The molecule has 0 radical (unpaired) electrons. The summed E-state index contributed by atoms with van der Waals surface area (Å²) in [5.74, 6) is -0.958. The van der Waals surface area contributed by atoms with Gasteiger partial charge in [-0.15, -0.1) is 5.75 Å². The number of carbonyl (C=O) groups excluding carboxylic acids is 2. The van der Waals surface area contributed by atoms with Gasteiger partial charge in [0.05, 0.1) is 11.4 Å². The van der Waals surface area contributed by atoms with E-state index in [1.165, 1.54) is 28.2 Å². The molecule has 1 aliphatic rings. The second-order valence-corrected chi connectivity index (χ2v) is 6.03. The molecule has 0 N–H and O–H groups in total. The Labute approximate surface area is 156 Å². The summed E-state index contributed by atoms with van der Waals surface area (Å²) >= 11 is 0. The lowest BCUT2D eigenvalue weighted by Crippen LogP contribution is -2.41. The Morgan fingerprint density at radius 2 is 1.07 bits per heavy atom. The molecule has 0 atom stereocenters. The molecule has 0 aliphatic carbocycles. The molecule has 3 aromatic rings. The summed E-state index contributed by atoms with van der Waals surface area (Å²) in [4.78, 5) is 26.2. The average Bonchev–Trinajstić information content (AvgIpc) is 2.95. The first-order valence-electron chi connectivity index (χ1n) is 8.43. The minimum absolute atomic E-state index is 0.0429. The molecule has 2 amide bonds. The molecule has 132 valence electrons. The fourth-order valence-electron chi connectivity index (χ4n) is 2.96. The number of rotatable bonds is 3. The van der Waals surface area contributed by atoms with Gasteiger partial charge in [-0.05, 0) is 35.9 Å². The van der Waals surface area contributed by atoms with E-state index in [1.807, 2.05) is 36.4 Å². The number of amides is 2. The van der Waals surface area contributed by atoms with Crippen LogP contribution in [0, 0.1) is 0 Å². The number of carbonyl (C=O) groups is 2. The van der Waals surface area contributed by atoms with Crippen molar-refractivity contribution in [2.45, 2.75) is 0 Å². The minimum Gasteiger partial charge on any atom is -0.872 e. The van der Waals surface area contributed by atoms with E-state index in [2.05, 4.69) is 0 Å². The van der Waals surface area contributed by atoms with Crippen LogP contribution >= 0.6 is 0 Å². The third-order valence-corrected chi connectivity index (χ3v) is 4.24. The number of hydrogen-bond donors (Lipinski definition) is 0. The van der Waals surface area contributed by atoms with Crippen molar-refractivity contribution in [3.63, 3.8) is 0 Å². The Morgan fingerprint density at radius 1 is 0.630 bits per heavy atom. The number of hydrazine groups is 1. The van der Waals surface area contributed by atoms with Gasteiger partial charge in [0.2, 0.25) is 0 Å². The van der Waals surface area contributed by atoms with E-state index in [0.29, 0.717) is 16.9 Å².